The highest BCUT2D eigenvalue weighted by Gasteiger charge is 2.30. The summed E-state index contributed by atoms with van der Waals surface area (Å²) in [5.74, 6) is 0. The maximum atomic E-state index is 13.2. The first kappa shape index (κ1) is 31.1. The van der Waals surface area contributed by atoms with Gasteiger partial charge in [-0.3, -0.25) is 4.90 Å². The molecule has 236 valence electrons. The summed E-state index contributed by atoms with van der Waals surface area (Å²) in [4.78, 5) is 18.1. The minimum atomic E-state index is -0.353. The van der Waals surface area contributed by atoms with Crippen LogP contribution in [0.25, 0.3) is 0 Å². The average Bonchev–Trinajstić information content (AvgIpc) is 3.75. The molecule has 2 fully saturated rings. The van der Waals surface area contributed by atoms with Gasteiger partial charge in [-0.25, -0.2) is 9.48 Å². The van der Waals surface area contributed by atoms with Crippen LogP contribution in [0.5, 0.6) is 0 Å². The average molecular weight is 627 g/mol. The highest BCUT2D eigenvalue weighted by Crippen LogP contribution is 2.28. The molecular weight excluding hydrogens is 584 g/mol. The first-order chi connectivity index (χ1) is 22.0. The molecule has 1 aliphatic heterocycles. The van der Waals surface area contributed by atoms with E-state index in [-0.39, 0.29) is 24.3 Å². The van der Waals surface area contributed by atoms with Crippen LogP contribution in [0.1, 0.15) is 54.1 Å². The third kappa shape index (κ3) is 8.24. The number of nitrogens with zero attached hydrogens (tertiary/aromatic N) is 5. The van der Waals surface area contributed by atoms with E-state index in [0.29, 0.717) is 12.8 Å². The fraction of sp³-hybridized carbons (Fsp3) is 0.417. The topological polar surface area (TPSA) is 75.5 Å². The van der Waals surface area contributed by atoms with Gasteiger partial charge in [-0.2, -0.15) is 0 Å². The summed E-state index contributed by atoms with van der Waals surface area (Å²) >= 11 is 6.40. The number of carbonyl (C=O) groups excluding carboxylic acids is 1. The van der Waals surface area contributed by atoms with Gasteiger partial charge >= 0.3 is 6.09 Å². The Kier molecular flexibility index (Phi) is 10.3. The van der Waals surface area contributed by atoms with Crippen LogP contribution < -0.4 is 10.2 Å². The first-order valence-corrected chi connectivity index (χ1v) is 16.6. The van der Waals surface area contributed by atoms with Crippen molar-refractivity contribution in [3.8, 4) is 0 Å². The minimum Gasteiger partial charge on any atom is -0.446 e. The molecule has 45 heavy (non-hydrogen) atoms. The lowest BCUT2D eigenvalue weighted by atomic mass is 9.94. The van der Waals surface area contributed by atoms with Gasteiger partial charge in [0.05, 0.1) is 24.0 Å². The molecule has 0 radical (unpaired) electrons. The van der Waals surface area contributed by atoms with E-state index in [2.05, 4.69) is 81.0 Å². The lowest BCUT2D eigenvalue weighted by Gasteiger charge is -2.36. The molecule has 6 rings (SSSR count). The zero-order valence-corrected chi connectivity index (χ0v) is 26.8. The van der Waals surface area contributed by atoms with Crippen molar-refractivity contribution in [2.24, 2.45) is 0 Å². The highest BCUT2D eigenvalue weighted by molar-refractivity contribution is 6.31. The summed E-state index contributed by atoms with van der Waals surface area (Å²) in [6.07, 6.45) is 7.14. The Morgan fingerprint density at radius 2 is 1.58 bits per heavy atom. The number of halogens is 1. The lowest BCUT2D eigenvalue weighted by molar-refractivity contribution is 0.0946. The molecule has 8 nitrogen and oxygen atoms in total. The van der Waals surface area contributed by atoms with Gasteiger partial charge in [0.15, 0.2) is 0 Å². The van der Waals surface area contributed by atoms with Crippen LogP contribution in [0.4, 0.5) is 10.5 Å². The number of carbonyl (C=O) groups is 1. The van der Waals surface area contributed by atoms with E-state index in [0.717, 1.165) is 80.3 Å². The third-order valence-corrected chi connectivity index (χ3v) is 9.57. The van der Waals surface area contributed by atoms with E-state index in [1.54, 1.807) is 0 Å². The van der Waals surface area contributed by atoms with E-state index < -0.39 is 0 Å². The molecule has 1 amide bonds. The van der Waals surface area contributed by atoms with Crippen LogP contribution in [-0.4, -0.2) is 64.3 Å². The largest absolute Gasteiger partial charge is 0.446 e. The molecular formula is C36H43ClN6O2. The van der Waals surface area contributed by atoms with E-state index in [1.807, 2.05) is 41.1 Å². The van der Waals surface area contributed by atoms with Crippen LogP contribution in [0, 0.1) is 6.92 Å². The number of ether oxygens (including phenoxy) is 1. The maximum Gasteiger partial charge on any atom is 0.407 e. The molecule has 1 aliphatic carbocycles. The van der Waals surface area contributed by atoms with Crippen LogP contribution in [0.2, 0.25) is 5.02 Å². The van der Waals surface area contributed by atoms with Gasteiger partial charge in [-0.15, -0.1) is 5.10 Å². The van der Waals surface area contributed by atoms with E-state index in [4.69, 9.17) is 16.3 Å². The summed E-state index contributed by atoms with van der Waals surface area (Å²) in [5, 5.41) is 13.3. The van der Waals surface area contributed by atoms with Gasteiger partial charge in [-0.1, -0.05) is 83.5 Å². The quantitative estimate of drug-likeness (QED) is 0.202. The van der Waals surface area contributed by atoms with Crippen molar-refractivity contribution in [1.29, 1.82) is 0 Å². The summed E-state index contributed by atoms with van der Waals surface area (Å²) in [7, 11) is 0. The Balaban J connectivity index is 1.19. The van der Waals surface area contributed by atoms with Crippen LogP contribution in [0.3, 0.4) is 0 Å². The number of anilines is 1. The van der Waals surface area contributed by atoms with Gasteiger partial charge in [0.2, 0.25) is 0 Å². The SMILES string of the molecule is Cc1c(Cl)cccc1N1CCN(Cc2cn([C@@H](Cc3ccccc3)[C@H](Cc3ccccc3)NC(=O)OC3CCCC3)nn2)CC1. The summed E-state index contributed by atoms with van der Waals surface area (Å²) in [6, 6.07) is 26.4. The number of nitrogens with one attached hydrogen (secondary N) is 1. The van der Waals surface area contributed by atoms with E-state index in [1.165, 1.54) is 11.3 Å². The first-order valence-electron chi connectivity index (χ1n) is 16.2. The molecule has 1 aromatic heterocycles. The predicted octanol–water partition coefficient (Wildman–Crippen LogP) is 6.63. The van der Waals surface area contributed by atoms with Crippen molar-refractivity contribution in [3.63, 3.8) is 0 Å². The smallest absolute Gasteiger partial charge is 0.407 e. The second-order valence-corrected chi connectivity index (χ2v) is 12.8. The minimum absolute atomic E-state index is 0.00354. The second-order valence-electron chi connectivity index (χ2n) is 12.3. The molecule has 2 atom stereocenters. The van der Waals surface area contributed by atoms with Crippen molar-refractivity contribution in [3.05, 3.63) is 112 Å². The number of piperazine rings is 1. The Bertz CT molecular complexity index is 1520. The number of hydrogen-bond donors (Lipinski definition) is 1. The zero-order chi connectivity index (χ0) is 31.0. The Labute approximate surface area is 271 Å². The van der Waals surface area contributed by atoms with Gasteiger partial charge in [-0.05, 0) is 74.3 Å². The number of amides is 1. The zero-order valence-electron chi connectivity index (χ0n) is 26.0. The van der Waals surface area contributed by atoms with Crippen molar-refractivity contribution in [2.45, 2.75) is 70.2 Å². The van der Waals surface area contributed by atoms with Gasteiger partial charge in [0, 0.05) is 43.4 Å². The van der Waals surface area contributed by atoms with Crippen LogP contribution in [0.15, 0.2) is 85.1 Å². The number of benzene rings is 3. The Morgan fingerprint density at radius 1 is 0.911 bits per heavy atom. The molecule has 1 N–H and O–H groups in total. The number of alkyl carbamates (subject to hydrolysis) is 1. The van der Waals surface area contributed by atoms with Crippen molar-refractivity contribution in [2.75, 3.05) is 31.1 Å². The number of aromatic nitrogens is 3. The Morgan fingerprint density at radius 3 is 2.27 bits per heavy atom. The fourth-order valence-corrected chi connectivity index (χ4v) is 6.80. The Hall–Kier alpha value is -3.88. The van der Waals surface area contributed by atoms with E-state index >= 15 is 0 Å². The third-order valence-electron chi connectivity index (χ3n) is 9.16. The standard InChI is InChI=1S/C36H43ClN6O2/c1-27-32(37)17-10-18-34(27)42-21-19-41(20-22-42)25-30-26-43(40-39-30)35(24-29-13-6-3-7-14-29)33(23-28-11-4-2-5-12-28)38-36(44)45-31-15-8-9-16-31/h2-7,10-14,17-18,26,31,33,35H,8-9,15-16,19-25H2,1H3,(H,38,44)/t33-,35-/m0/s1. The summed E-state index contributed by atoms with van der Waals surface area (Å²) in [6.45, 7) is 6.52. The second kappa shape index (κ2) is 14.9. The van der Waals surface area contributed by atoms with E-state index in [9.17, 15) is 4.79 Å². The summed E-state index contributed by atoms with van der Waals surface area (Å²) < 4.78 is 7.82. The predicted molar refractivity (Wildman–Crippen MR) is 179 cm³/mol. The molecule has 2 heterocycles. The van der Waals surface area contributed by atoms with Gasteiger partial charge < -0.3 is 15.0 Å². The van der Waals surface area contributed by atoms with Gasteiger partial charge in [0.25, 0.3) is 0 Å². The molecule has 2 aliphatic rings. The number of rotatable bonds is 11. The lowest BCUT2D eigenvalue weighted by Crippen LogP contribution is -2.46. The van der Waals surface area contributed by atoms with Crippen LogP contribution in [-0.2, 0) is 24.1 Å². The fourth-order valence-electron chi connectivity index (χ4n) is 6.63. The molecule has 1 saturated carbocycles. The molecule has 0 spiro atoms. The number of hydrogen-bond acceptors (Lipinski definition) is 6. The van der Waals surface area contributed by atoms with Crippen molar-refractivity contribution in [1.82, 2.24) is 25.2 Å². The molecule has 3 aromatic carbocycles. The van der Waals surface area contributed by atoms with Crippen molar-refractivity contribution >= 4 is 23.4 Å². The molecule has 0 bridgehead atoms. The molecule has 9 heteroatoms. The normalized spacial score (nSPS) is 17.2. The van der Waals surface area contributed by atoms with Gasteiger partial charge in [0.1, 0.15) is 6.10 Å². The van der Waals surface area contributed by atoms with Crippen molar-refractivity contribution < 1.29 is 9.53 Å². The maximum absolute atomic E-state index is 13.2. The monoisotopic (exact) mass is 626 g/mol. The van der Waals surface area contributed by atoms with Crippen LogP contribution >= 0.6 is 11.6 Å². The highest BCUT2D eigenvalue weighted by atomic mass is 35.5. The molecule has 4 aromatic rings. The molecule has 1 saturated heterocycles. The summed E-state index contributed by atoms with van der Waals surface area (Å²) in [5.41, 5.74) is 5.59. The molecule has 0 unspecified atom stereocenters.